The first-order chi connectivity index (χ1) is 15.3. The van der Waals surface area contributed by atoms with Crippen LogP contribution in [-0.2, 0) is 4.74 Å². The van der Waals surface area contributed by atoms with Crippen LogP contribution in [0.1, 0.15) is 24.2 Å². The topological polar surface area (TPSA) is 79.5 Å². The Balaban J connectivity index is 0.00000141. The van der Waals surface area contributed by atoms with Gasteiger partial charge in [-0.2, -0.15) is 4.39 Å². The molecule has 1 saturated heterocycles. The number of morpholine rings is 1. The largest absolute Gasteiger partial charge is 0.450 e. The lowest BCUT2D eigenvalue weighted by Crippen LogP contribution is -2.40. The molecule has 2 N–H and O–H groups in total. The number of carbonyl (C=O) groups is 1. The van der Waals surface area contributed by atoms with E-state index in [9.17, 15) is 9.18 Å². The second-order valence-corrected chi connectivity index (χ2v) is 9.41. The van der Waals surface area contributed by atoms with E-state index < -0.39 is 5.34 Å². The van der Waals surface area contributed by atoms with Gasteiger partial charge in [-0.3, -0.25) is 4.79 Å². The van der Waals surface area contributed by atoms with Gasteiger partial charge in [0.1, 0.15) is 11.6 Å². The minimum Gasteiger partial charge on any atom is -0.450 e. The van der Waals surface area contributed by atoms with Crippen LogP contribution in [0.2, 0.25) is 5.02 Å². The van der Waals surface area contributed by atoms with E-state index in [1.54, 1.807) is 35.5 Å². The highest BCUT2D eigenvalue weighted by molar-refractivity contribution is 7.38. The second kappa shape index (κ2) is 10.8. The van der Waals surface area contributed by atoms with Crippen LogP contribution in [0.25, 0.3) is 10.9 Å². The van der Waals surface area contributed by atoms with Gasteiger partial charge in [-0.25, -0.2) is 4.98 Å². The molecule has 4 rings (SSSR count). The van der Waals surface area contributed by atoms with Crippen molar-refractivity contribution in [2.75, 3.05) is 31.6 Å². The molecule has 0 saturated carbocycles. The van der Waals surface area contributed by atoms with Gasteiger partial charge >= 0.3 is 0 Å². The van der Waals surface area contributed by atoms with Crippen LogP contribution in [0.3, 0.4) is 0 Å². The Morgan fingerprint density at radius 1 is 1.31 bits per heavy atom. The lowest BCUT2D eigenvalue weighted by molar-refractivity contribution is 0.0304. The first-order valence-corrected chi connectivity index (χ1v) is 11.7. The predicted octanol–water partition coefficient (Wildman–Crippen LogP) is 5.17. The number of pyridine rings is 1. The number of benzene rings is 1. The van der Waals surface area contributed by atoms with Crippen LogP contribution in [0.4, 0.5) is 15.9 Å². The minimum atomic E-state index is -2.00. The van der Waals surface area contributed by atoms with Gasteiger partial charge in [-0.15, -0.1) is 0 Å². The van der Waals surface area contributed by atoms with Gasteiger partial charge in [-0.1, -0.05) is 25.4 Å². The monoisotopic (exact) mass is 498 g/mol. The summed E-state index contributed by atoms with van der Waals surface area (Å²) in [6, 6.07) is 6.73. The Hall–Kier alpha value is -1.98. The van der Waals surface area contributed by atoms with Crippen molar-refractivity contribution in [1.29, 1.82) is 0 Å². The zero-order valence-corrected chi connectivity index (χ0v) is 20.9. The number of hydrogen-bond donors (Lipinski definition) is 2. The number of ether oxygens (including phenoxy) is 2. The summed E-state index contributed by atoms with van der Waals surface area (Å²) in [5.41, 5.74) is 1.85. The van der Waals surface area contributed by atoms with Crippen LogP contribution in [0, 0.1) is 0 Å². The Bertz CT molecular complexity index is 1080. The van der Waals surface area contributed by atoms with Crippen molar-refractivity contribution in [3.63, 3.8) is 0 Å². The van der Waals surface area contributed by atoms with Crippen LogP contribution >= 0.6 is 30.1 Å². The van der Waals surface area contributed by atoms with E-state index in [2.05, 4.69) is 15.3 Å². The summed E-state index contributed by atoms with van der Waals surface area (Å²) in [7, 11) is 3.85. The Morgan fingerprint density at radius 3 is 2.69 bits per heavy atom. The molecule has 3 heterocycles. The van der Waals surface area contributed by atoms with E-state index >= 15 is 0 Å². The van der Waals surface area contributed by atoms with E-state index in [0.717, 1.165) is 5.39 Å². The van der Waals surface area contributed by atoms with Gasteiger partial charge in [0, 0.05) is 36.6 Å². The van der Waals surface area contributed by atoms with E-state index in [4.69, 9.17) is 21.1 Å². The third-order valence-electron chi connectivity index (χ3n) is 4.58. The maximum atomic E-state index is 13.7. The lowest BCUT2D eigenvalue weighted by atomic mass is 10.1. The second-order valence-electron chi connectivity index (χ2n) is 6.76. The summed E-state index contributed by atoms with van der Waals surface area (Å²) in [4.78, 5) is 22.2. The summed E-state index contributed by atoms with van der Waals surface area (Å²) in [5.74, 6) is 0.686. The van der Waals surface area contributed by atoms with Crippen molar-refractivity contribution in [2.45, 2.75) is 19.2 Å². The molecule has 32 heavy (non-hydrogen) atoms. The number of nitrogens with one attached hydrogen (secondary N) is 2. The quantitative estimate of drug-likeness (QED) is 0.475. The van der Waals surface area contributed by atoms with Gasteiger partial charge < -0.3 is 24.7 Å². The molecular formula is C21H26ClFN4O3P2. The summed E-state index contributed by atoms with van der Waals surface area (Å²) < 4.78 is 24.1. The number of alkyl halides is 1. The fourth-order valence-corrected chi connectivity index (χ4v) is 3.69. The molecule has 0 bridgehead atoms. The molecule has 0 spiro atoms. The van der Waals surface area contributed by atoms with Crippen LogP contribution < -0.4 is 10.1 Å². The molecule has 0 aliphatic carbocycles. The third-order valence-corrected chi connectivity index (χ3v) is 5.11. The highest BCUT2D eigenvalue weighted by Gasteiger charge is 2.23. The highest BCUT2D eigenvalue weighted by atomic mass is 35.5. The Labute approximate surface area is 195 Å². The van der Waals surface area contributed by atoms with Crippen molar-refractivity contribution in [2.24, 2.45) is 0 Å². The van der Waals surface area contributed by atoms with Crippen molar-refractivity contribution in [1.82, 2.24) is 14.9 Å². The molecule has 7 nitrogen and oxygen atoms in total. The molecule has 1 aromatic carbocycles. The smallest absolute Gasteiger partial charge is 0.270 e. The van der Waals surface area contributed by atoms with Gasteiger partial charge in [-0.05, 0) is 42.7 Å². The number of hydrogen-bond acceptors (Lipinski definition) is 5. The maximum Gasteiger partial charge on any atom is 0.270 e. The number of aromatic amines is 1. The summed E-state index contributed by atoms with van der Waals surface area (Å²) in [6.07, 6.45) is 3.31. The van der Waals surface area contributed by atoms with Gasteiger partial charge in [0.25, 0.3) is 11.2 Å². The van der Waals surface area contributed by atoms with E-state index in [1.807, 2.05) is 38.4 Å². The summed E-state index contributed by atoms with van der Waals surface area (Å²) in [6.45, 7) is 6.18. The zero-order chi connectivity index (χ0) is 23.3. The van der Waals surface area contributed by atoms with Crippen LogP contribution in [-0.4, -0.2) is 52.4 Å². The van der Waals surface area contributed by atoms with Gasteiger partial charge in [0.2, 0.25) is 0 Å². The number of rotatable bonds is 5. The molecule has 1 aliphatic heterocycles. The van der Waals surface area contributed by atoms with Crippen molar-refractivity contribution in [3.8, 4) is 5.75 Å². The van der Waals surface area contributed by atoms with Crippen molar-refractivity contribution in [3.05, 3.63) is 47.2 Å². The Kier molecular flexibility index (Phi) is 8.29. The average molecular weight is 499 g/mol. The first kappa shape index (κ1) is 24.7. The molecule has 1 aliphatic rings. The van der Waals surface area contributed by atoms with E-state index in [1.165, 1.54) is 0 Å². The zero-order valence-electron chi connectivity index (χ0n) is 17.8. The molecule has 172 valence electrons. The average Bonchev–Trinajstić information content (AvgIpc) is 3.27. The number of halogens is 2. The molecule has 1 amide bonds. The highest BCUT2D eigenvalue weighted by Crippen LogP contribution is 2.37. The van der Waals surface area contributed by atoms with Crippen LogP contribution in [0.15, 0.2) is 36.7 Å². The van der Waals surface area contributed by atoms with E-state index in [-0.39, 0.29) is 16.7 Å². The number of anilines is 2. The number of carbonyl (C=O) groups excluding carboxylic acids is 1. The standard InChI is InChI=1S/C19H20ClFN4O3P2.C2H6/c20-14-9-11(1-2-15(14)28-19(21,29)30)24-17-12-3-4-22-16(12)13(10-23-17)18(26)25-5-7-27-8-6-25;1-2/h1-4,9-10,22H,5-8,29-30H2,(H,23,24);1-2H3. The number of aromatic nitrogens is 2. The SMILES string of the molecule is CC.O=C(c1cnc(Nc2ccc(OC(F)(P)P)c(Cl)c2)c2cc[nH]c12)N1CCOCC1. The van der Waals surface area contributed by atoms with Crippen LogP contribution in [0.5, 0.6) is 5.75 Å². The van der Waals surface area contributed by atoms with Crippen molar-refractivity contribution >= 4 is 58.4 Å². The fraction of sp³-hybridized carbons (Fsp3) is 0.333. The normalized spacial score (nSPS) is 14.0. The van der Waals surface area contributed by atoms with E-state index in [0.29, 0.717) is 48.9 Å². The molecular weight excluding hydrogens is 473 g/mol. The fourth-order valence-electron chi connectivity index (χ4n) is 3.22. The van der Waals surface area contributed by atoms with Gasteiger partial charge in [0.15, 0.2) is 0 Å². The lowest BCUT2D eigenvalue weighted by Gasteiger charge is -2.27. The molecule has 2 unspecified atom stereocenters. The number of fused-ring (bicyclic) bond motifs is 1. The summed E-state index contributed by atoms with van der Waals surface area (Å²) in [5, 5.41) is 2.20. The Morgan fingerprint density at radius 2 is 2.03 bits per heavy atom. The molecule has 0 radical (unpaired) electrons. The third kappa shape index (κ3) is 5.87. The molecule has 3 aromatic rings. The van der Waals surface area contributed by atoms with Gasteiger partial charge in [0.05, 0.1) is 29.3 Å². The molecule has 11 heteroatoms. The number of H-pyrrole nitrogens is 1. The number of nitrogens with zero attached hydrogens (tertiary/aromatic N) is 2. The first-order valence-electron chi connectivity index (χ1n) is 10.2. The molecule has 1 fully saturated rings. The predicted molar refractivity (Wildman–Crippen MR) is 133 cm³/mol. The maximum absolute atomic E-state index is 13.7. The van der Waals surface area contributed by atoms with Crippen molar-refractivity contribution < 1.29 is 18.7 Å². The molecule has 2 atom stereocenters. The number of amides is 1. The summed E-state index contributed by atoms with van der Waals surface area (Å²) >= 11 is 6.21. The molecule has 2 aromatic heterocycles. The minimum absolute atomic E-state index is 0.0843.